The van der Waals surface area contributed by atoms with E-state index in [2.05, 4.69) is 10.6 Å². The van der Waals surface area contributed by atoms with Crippen LogP contribution in [-0.4, -0.2) is 105 Å². The Morgan fingerprint density at radius 2 is 1.43 bits per heavy atom. The molecule has 2 saturated heterocycles. The maximum absolute atomic E-state index is 14.2. The first-order chi connectivity index (χ1) is 30.3. The number of methoxy groups -OCH3 is 1. The lowest BCUT2D eigenvalue weighted by atomic mass is 9.83. The number of ether oxygens (including phenoxy) is 3. The zero-order valence-electron chi connectivity index (χ0n) is 35.1. The molecule has 1 aliphatic carbocycles. The van der Waals surface area contributed by atoms with Crippen molar-refractivity contribution in [2.75, 3.05) is 26.7 Å². The SMILES string of the molecule is COc1ccc(CS[C@H]2C[C@@H](C(=O)N3CC[C@H](NC(=O)C[C@H](O)[C@H](CC4CCCCC4)NC(=O)OCc4ccc([N+](=O)[O-])cc4)C3)N(C(=O)OCc3ccc([N+](=O)[O-])cc3)C2)cc1. The summed E-state index contributed by atoms with van der Waals surface area (Å²) in [5.74, 6) is 0.924. The molecule has 19 heteroatoms. The maximum Gasteiger partial charge on any atom is 0.410 e. The minimum atomic E-state index is -1.23. The summed E-state index contributed by atoms with van der Waals surface area (Å²) in [5.41, 5.74) is 1.99. The van der Waals surface area contributed by atoms with E-state index in [1.54, 1.807) is 23.8 Å². The molecule has 1 saturated carbocycles. The van der Waals surface area contributed by atoms with Crippen LogP contribution in [0.5, 0.6) is 5.75 Å². The van der Waals surface area contributed by atoms with Gasteiger partial charge in [0, 0.05) is 60.9 Å². The molecule has 0 spiro atoms. The van der Waals surface area contributed by atoms with Crippen molar-refractivity contribution in [3.05, 3.63) is 110 Å². The lowest BCUT2D eigenvalue weighted by Gasteiger charge is -2.30. The Morgan fingerprint density at radius 1 is 0.825 bits per heavy atom. The van der Waals surface area contributed by atoms with Gasteiger partial charge in [0.1, 0.15) is 25.0 Å². The molecular weight excluding hydrogens is 837 g/mol. The third-order valence-electron chi connectivity index (χ3n) is 11.8. The van der Waals surface area contributed by atoms with Crippen LogP contribution in [0.15, 0.2) is 72.8 Å². The number of carbonyl (C=O) groups excluding carboxylic acids is 4. The maximum atomic E-state index is 14.2. The van der Waals surface area contributed by atoms with Crippen molar-refractivity contribution in [3.63, 3.8) is 0 Å². The lowest BCUT2D eigenvalue weighted by molar-refractivity contribution is -0.385. The third-order valence-corrected chi connectivity index (χ3v) is 13.1. The highest BCUT2D eigenvalue weighted by Gasteiger charge is 2.44. The third kappa shape index (κ3) is 13.5. The van der Waals surface area contributed by atoms with E-state index in [0.717, 1.165) is 43.4 Å². The fourth-order valence-electron chi connectivity index (χ4n) is 8.29. The molecule has 3 aromatic carbocycles. The Hall–Kier alpha value is -5.95. The standard InChI is InChI=1S/C44H54N6O12S/c1-60-36-17-11-32(12-18-36)28-63-37-22-39(48(25-37)44(55)62-27-31-9-15-35(16-10-31)50(58)59)42(53)47-20-19-33(24-47)45-41(52)23-40(51)38(21-29-5-3-2-4-6-29)46-43(54)61-26-30-7-13-34(14-8-30)49(56)57/h7-18,29,33,37-40,51H,2-6,19-28H2,1H3,(H,45,52)(H,46,54)/t33-,37-,38-,39-,40-/m0/s1. The second kappa shape index (κ2) is 22.4. The average Bonchev–Trinajstić information content (AvgIpc) is 3.95. The van der Waals surface area contributed by atoms with Crippen molar-refractivity contribution in [2.24, 2.45) is 5.92 Å². The number of nitro groups is 2. The van der Waals surface area contributed by atoms with Crippen LogP contribution in [0.3, 0.4) is 0 Å². The van der Waals surface area contributed by atoms with Gasteiger partial charge in [0.05, 0.1) is 35.5 Å². The highest BCUT2D eigenvalue weighted by molar-refractivity contribution is 7.99. The number of hydrogen-bond donors (Lipinski definition) is 3. The number of alkyl carbamates (subject to hydrolysis) is 1. The minimum Gasteiger partial charge on any atom is -0.497 e. The minimum absolute atomic E-state index is 0.0812. The highest BCUT2D eigenvalue weighted by Crippen LogP contribution is 2.33. The van der Waals surface area contributed by atoms with Gasteiger partial charge in [-0.1, -0.05) is 44.2 Å². The van der Waals surface area contributed by atoms with Gasteiger partial charge >= 0.3 is 12.2 Å². The van der Waals surface area contributed by atoms with Gasteiger partial charge in [0.15, 0.2) is 0 Å². The largest absolute Gasteiger partial charge is 0.497 e. The first-order valence-electron chi connectivity index (χ1n) is 21.2. The predicted molar refractivity (Wildman–Crippen MR) is 232 cm³/mol. The number of benzene rings is 3. The van der Waals surface area contributed by atoms with Gasteiger partial charge in [0.2, 0.25) is 11.8 Å². The Kier molecular flexibility index (Phi) is 16.6. The fraction of sp³-hybridized carbons (Fsp3) is 0.500. The van der Waals surface area contributed by atoms with E-state index < -0.39 is 52.2 Å². The van der Waals surface area contributed by atoms with Gasteiger partial charge in [-0.05, 0) is 78.3 Å². The van der Waals surface area contributed by atoms with Crippen LogP contribution in [0, 0.1) is 26.1 Å². The van der Waals surface area contributed by atoms with Gasteiger partial charge in [-0.2, -0.15) is 11.8 Å². The van der Waals surface area contributed by atoms with Gasteiger partial charge < -0.3 is 34.9 Å². The van der Waals surface area contributed by atoms with Crippen LogP contribution in [0.25, 0.3) is 0 Å². The van der Waals surface area contributed by atoms with E-state index in [1.165, 1.54) is 53.4 Å². The van der Waals surface area contributed by atoms with Crippen LogP contribution in [0.2, 0.25) is 0 Å². The summed E-state index contributed by atoms with van der Waals surface area (Å²) in [5, 5.41) is 39.0. The zero-order chi connectivity index (χ0) is 44.9. The first kappa shape index (κ1) is 46.6. The van der Waals surface area contributed by atoms with Crippen LogP contribution in [0.1, 0.15) is 74.5 Å². The Morgan fingerprint density at radius 3 is 2.03 bits per heavy atom. The fourth-order valence-corrected chi connectivity index (χ4v) is 9.49. The lowest BCUT2D eigenvalue weighted by Crippen LogP contribution is -2.49. The van der Waals surface area contributed by atoms with Crippen molar-refractivity contribution in [3.8, 4) is 5.75 Å². The van der Waals surface area contributed by atoms with E-state index in [-0.39, 0.29) is 61.2 Å². The number of non-ortho nitro benzene ring substituents is 2. The number of amides is 4. The number of likely N-dealkylation sites (tertiary alicyclic amines) is 2. The number of rotatable bonds is 18. The molecule has 3 N–H and O–H groups in total. The summed E-state index contributed by atoms with van der Waals surface area (Å²) in [4.78, 5) is 78.1. The molecule has 18 nitrogen and oxygen atoms in total. The first-order valence-corrected chi connectivity index (χ1v) is 22.2. The smallest absolute Gasteiger partial charge is 0.410 e. The molecular formula is C44H54N6O12S. The van der Waals surface area contributed by atoms with Crippen molar-refractivity contribution in [1.82, 2.24) is 20.4 Å². The summed E-state index contributed by atoms with van der Waals surface area (Å²) >= 11 is 1.63. The molecule has 338 valence electrons. The molecule has 6 rings (SSSR count). The molecule has 4 amide bonds. The topological polar surface area (TPSA) is 233 Å². The van der Waals surface area contributed by atoms with Gasteiger partial charge in [-0.3, -0.25) is 34.7 Å². The van der Waals surface area contributed by atoms with Gasteiger partial charge in [0.25, 0.3) is 11.4 Å². The molecule has 5 atom stereocenters. The molecule has 0 aromatic heterocycles. The molecule has 2 aliphatic heterocycles. The van der Waals surface area contributed by atoms with Crippen molar-refractivity contribution < 1.29 is 48.3 Å². The van der Waals surface area contributed by atoms with Crippen molar-refractivity contribution in [1.29, 1.82) is 0 Å². The number of thioether (sulfide) groups is 1. The number of nitrogens with one attached hydrogen (secondary N) is 2. The van der Waals surface area contributed by atoms with Crippen LogP contribution < -0.4 is 15.4 Å². The number of aliphatic hydroxyl groups is 1. The van der Waals surface area contributed by atoms with E-state index in [9.17, 15) is 44.5 Å². The van der Waals surface area contributed by atoms with Gasteiger partial charge in [-0.25, -0.2) is 9.59 Å². The van der Waals surface area contributed by atoms with Gasteiger partial charge in [-0.15, -0.1) is 0 Å². The van der Waals surface area contributed by atoms with E-state index in [4.69, 9.17) is 14.2 Å². The van der Waals surface area contributed by atoms with Crippen LogP contribution in [0.4, 0.5) is 21.0 Å². The summed E-state index contributed by atoms with van der Waals surface area (Å²) in [7, 11) is 1.60. The normalized spacial score (nSPS) is 19.7. The molecule has 0 bridgehead atoms. The second-order valence-corrected chi connectivity index (χ2v) is 17.6. The molecule has 3 aromatic rings. The number of carbonyl (C=O) groups is 4. The number of hydrogen-bond acceptors (Lipinski definition) is 13. The van der Waals surface area contributed by atoms with E-state index in [1.807, 2.05) is 24.3 Å². The summed E-state index contributed by atoms with van der Waals surface area (Å²) in [6.45, 7) is 0.527. The number of nitro benzene ring substituents is 2. The number of aliphatic hydroxyl groups excluding tert-OH is 1. The highest BCUT2D eigenvalue weighted by atomic mass is 32.2. The molecule has 0 radical (unpaired) electrons. The predicted octanol–water partition coefficient (Wildman–Crippen LogP) is 6.26. The molecule has 63 heavy (non-hydrogen) atoms. The molecule has 3 fully saturated rings. The van der Waals surface area contributed by atoms with Crippen molar-refractivity contribution >= 4 is 47.1 Å². The quantitative estimate of drug-likeness (QED) is 0.0947. The number of nitrogens with zero attached hydrogens (tertiary/aromatic N) is 4. The summed E-state index contributed by atoms with van der Waals surface area (Å²) in [6.07, 6.45) is 3.41. The van der Waals surface area contributed by atoms with E-state index >= 15 is 0 Å². The second-order valence-electron chi connectivity index (χ2n) is 16.3. The average molecular weight is 891 g/mol. The molecule has 0 unspecified atom stereocenters. The Bertz CT molecular complexity index is 2050. The summed E-state index contributed by atoms with van der Waals surface area (Å²) < 4.78 is 16.3. The molecule has 3 aliphatic rings. The molecule has 2 heterocycles. The van der Waals surface area contributed by atoms with Crippen molar-refractivity contribution in [2.45, 2.75) is 106 Å². The van der Waals surface area contributed by atoms with E-state index in [0.29, 0.717) is 42.7 Å². The summed E-state index contributed by atoms with van der Waals surface area (Å²) in [6, 6.07) is 17.0. The van der Waals surface area contributed by atoms with Crippen LogP contribution >= 0.6 is 11.8 Å². The Balaban J connectivity index is 1.03. The van der Waals surface area contributed by atoms with Crippen LogP contribution in [-0.2, 0) is 38.0 Å². The zero-order valence-corrected chi connectivity index (χ0v) is 36.0. The Labute approximate surface area is 369 Å². The monoisotopic (exact) mass is 890 g/mol.